The molecule has 0 aliphatic carbocycles. The zero-order chi connectivity index (χ0) is 26.3. The zero-order valence-corrected chi connectivity index (χ0v) is 21.7. The molecule has 0 aromatic heterocycles. The van der Waals surface area contributed by atoms with Crippen molar-refractivity contribution in [1.29, 1.82) is 5.41 Å². The minimum absolute atomic E-state index is 0.0790. The highest BCUT2D eigenvalue weighted by molar-refractivity contribution is 7.90. The fourth-order valence-corrected chi connectivity index (χ4v) is 4.31. The Morgan fingerprint density at radius 2 is 1.80 bits per heavy atom. The molecule has 0 saturated carbocycles. The minimum atomic E-state index is -3.36. The molecule has 0 saturated heterocycles. The molecule has 3 rings (SSSR count). The number of phenolic OH excluding ortho intramolecular Hbond substituents is 1. The van der Waals surface area contributed by atoms with Crippen LogP contribution in [-0.4, -0.2) is 73.6 Å². The second-order valence-corrected chi connectivity index (χ2v) is 12.3. The van der Waals surface area contributed by atoms with Gasteiger partial charge in [-0.3, -0.25) is 15.0 Å². The molecule has 1 heterocycles. The fourth-order valence-electron chi connectivity index (χ4n) is 3.89. The predicted molar refractivity (Wildman–Crippen MR) is 136 cm³/mol. The molecule has 3 N–H and O–H groups in total. The van der Waals surface area contributed by atoms with Crippen molar-refractivity contribution in [2.75, 3.05) is 38.1 Å². The monoisotopic (exact) mass is 500 g/mol. The van der Waals surface area contributed by atoms with E-state index in [9.17, 15) is 23.1 Å². The molecule has 9 nitrogen and oxygen atoms in total. The van der Waals surface area contributed by atoms with Gasteiger partial charge in [-0.1, -0.05) is 26.8 Å². The van der Waals surface area contributed by atoms with Crippen molar-refractivity contribution in [3.05, 3.63) is 58.1 Å². The molecule has 35 heavy (non-hydrogen) atoms. The number of ketones is 1. The van der Waals surface area contributed by atoms with Crippen molar-refractivity contribution in [1.82, 2.24) is 9.80 Å². The van der Waals surface area contributed by atoms with Crippen LogP contribution in [0.2, 0.25) is 0 Å². The standard InChI is InChI=1S/C25H32N4O5S/c1-25(2,3)19-10-17(11-20(22(19)31)27-14-35(6,33)34)21(30)13-29-12-16-8-7-15(24(32)28(4)5)9-18(16)23(29)26/h7-11,26-27,31H,12-14H2,1-6H3. The summed E-state index contributed by atoms with van der Waals surface area (Å²) >= 11 is 0. The summed E-state index contributed by atoms with van der Waals surface area (Å²) in [6, 6.07) is 8.25. The number of hydrogen-bond donors (Lipinski definition) is 3. The summed E-state index contributed by atoms with van der Waals surface area (Å²) in [6.07, 6.45) is 1.07. The quantitative estimate of drug-likeness (QED) is 0.394. The predicted octanol–water partition coefficient (Wildman–Crippen LogP) is 2.83. The molecule has 188 valence electrons. The van der Waals surface area contributed by atoms with Crippen molar-refractivity contribution in [3.8, 4) is 5.75 Å². The highest BCUT2D eigenvalue weighted by Crippen LogP contribution is 2.38. The van der Waals surface area contributed by atoms with E-state index in [-0.39, 0.29) is 41.4 Å². The molecule has 0 fully saturated rings. The Morgan fingerprint density at radius 1 is 1.14 bits per heavy atom. The number of hydrogen-bond acceptors (Lipinski definition) is 7. The molecule has 0 unspecified atom stereocenters. The number of carbonyl (C=O) groups is 2. The van der Waals surface area contributed by atoms with Crippen LogP contribution in [0.5, 0.6) is 5.75 Å². The number of rotatable bonds is 7. The van der Waals surface area contributed by atoms with Crippen LogP contribution in [0, 0.1) is 5.41 Å². The number of carbonyl (C=O) groups excluding carboxylic acids is 2. The van der Waals surface area contributed by atoms with E-state index in [2.05, 4.69) is 5.32 Å². The van der Waals surface area contributed by atoms with Gasteiger partial charge in [-0.05, 0) is 35.2 Å². The van der Waals surface area contributed by atoms with Crippen LogP contribution in [0.25, 0.3) is 0 Å². The van der Waals surface area contributed by atoms with Gasteiger partial charge in [0.15, 0.2) is 15.6 Å². The van der Waals surface area contributed by atoms with Gasteiger partial charge in [0.05, 0.1) is 12.2 Å². The third kappa shape index (κ3) is 5.82. The Hall–Kier alpha value is -3.40. The molecule has 2 aromatic carbocycles. The Bertz CT molecular complexity index is 1310. The number of anilines is 1. The summed E-state index contributed by atoms with van der Waals surface area (Å²) in [4.78, 5) is 28.7. The average molecular weight is 501 g/mol. The summed E-state index contributed by atoms with van der Waals surface area (Å²) in [5, 5.41) is 22.0. The van der Waals surface area contributed by atoms with Gasteiger partial charge in [-0.15, -0.1) is 0 Å². The van der Waals surface area contributed by atoms with Crippen LogP contribution in [0.15, 0.2) is 30.3 Å². The largest absolute Gasteiger partial charge is 0.505 e. The van der Waals surface area contributed by atoms with Crippen LogP contribution in [-0.2, 0) is 21.8 Å². The summed E-state index contributed by atoms with van der Waals surface area (Å²) in [6.45, 7) is 5.94. The summed E-state index contributed by atoms with van der Waals surface area (Å²) in [5.74, 6) is -0.769. The molecule has 1 amide bonds. The lowest BCUT2D eigenvalue weighted by molar-refractivity contribution is 0.0827. The van der Waals surface area contributed by atoms with Crippen LogP contribution in [0.3, 0.4) is 0 Å². The number of phenols is 1. The molecular weight excluding hydrogens is 468 g/mol. The van der Waals surface area contributed by atoms with E-state index in [1.54, 1.807) is 43.3 Å². The Labute approximate surface area is 206 Å². The van der Waals surface area contributed by atoms with E-state index < -0.39 is 15.3 Å². The highest BCUT2D eigenvalue weighted by atomic mass is 32.2. The lowest BCUT2D eigenvalue weighted by atomic mass is 9.84. The second-order valence-electron chi connectivity index (χ2n) is 10.1. The van der Waals surface area contributed by atoms with Crippen LogP contribution >= 0.6 is 0 Å². The first-order valence-electron chi connectivity index (χ1n) is 11.1. The maximum Gasteiger partial charge on any atom is 0.253 e. The van der Waals surface area contributed by atoms with Crippen molar-refractivity contribution in [2.45, 2.75) is 32.7 Å². The molecule has 0 radical (unpaired) electrons. The fraction of sp³-hybridized carbons (Fsp3) is 0.400. The molecular formula is C25H32N4O5S. The molecule has 2 aromatic rings. The number of amides is 1. The Kier molecular flexibility index (Phi) is 6.99. The number of Topliss-reactive ketones (excluding diaryl/α,β-unsaturated/α-hetero) is 1. The first-order chi connectivity index (χ1) is 16.1. The maximum atomic E-state index is 13.3. The van der Waals surface area contributed by atoms with Gasteiger partial charge in [-0.25, -0.2) is 8.42 Å². The molecule has 1 aliphatic heterocycles. The average Bonchev–Trinajstić information content (AvgIpc) is 3.05. The molecule has 1 aliphatic rings. The van der Waals surface area contributed by atoms with Gasteiger partial charge < -0.3 is 20.2 Å². The first-order valence-corrected chi connectivity index (χ1v) is 13.2. The van der Waals surface area contributed by atoms with E-state index in [0.29, 0.717) is 28.8 Å². The van der Waals surface area contributed by atoms with Gasteiger partial charge in [0.1, 0.15) is 17.5 Å². The summed E-state index contributed by atoms with van der Waals surface area (Å²) in [7, 11) is -0.0405. The van der Waals surface area contributed by atoms with Crippen molar-refractivity contribution in [3.63, 3.8) is 0 Å². The van der Waals surface area contributed by atoms with E-state index in [1.807, 2.05) is 20.8 Å². The van der Waals surface area contributed by atoms with Gasteiger partial charge in [0.2, 0.25) is 0 Å². The highest BCUT2D eigenvalue weighted by Gasteiger charge is 2.29. The number of aromatic hydroxyl groups is 1. The number of fused-ring (bicyclic) bond motifs is 1. The Morgan fingerprint density at radius 3 is 2.37 bits per heavy atom. The van der Waals surface area contributed by atoms with Gasteiger partial charge in [0.25, 0.3) is 5.91 Å². The van der Waals surface area contributed by atoms with E-state index in [1.165, 1.54) is 11.0 Å². The number of benzene rings is 2. The number of amidine groups is 1. The maximum absolute atomic E-state index is 13.3. The van der Waals surface area contributed by atoms with Crippen LogP contribution in [0.4, 0.5) is 5.69 Å². The molecule has 0 atom stereocenters. The Balaban J connectivity index is 1.88. The van der Waals surface area contributed by atoms with E-state index in [0.717, 1.165) is 11.8 Å². The first kappa shape index (κ1) is 26.2. The minimum Gasteiger partial charge on any atom is -0.505 e. The van der Waals surface area contributed by atoms with Crippen molar-refractivity contribution in [2.24, 2.45) is 0 Å². The SMILES string of the molecule is CN(C)C(=O)c1ccc2c(c1)C(=N)N(CC(=O)c1cc(NCS(C)(=O)=O)c(O)c(C(C)(C)C)c1)C2. The molecule has 0 spiro atoms. The second kappa shape index (κ2) is 9.33. The zero-order valence-electron chi connectivity index (χ0n) is 20.9. The number of nitrogens with zero attached hydrogens (tertiary/aromatic N) is 2. The van der Waals surface area contributed by atoms with Gasteiger partial charge >= 0.3 is 0 Å². The van der Waals surface area contributed by atoms with E-state index in [4.69, 9.17) is 5.41 Å². The lowest BCUT2D eigenvalue weighted by Gasteiger charge is -2.24. The third-order valence-electron chi connectivity index (χ3n) is 5.79. The number of sulfone groups is 1. The molecule has 0 bridgehead atoms. The number of nitrogens with one attached hydrogen (secondary N) is 2. The van der Waals surface area contributed by atoms with Crippen molar-refractivity contribution >= 4 is 33.1 Å². The van der Waals surface area contributed by atoms with Crippen LogP contribution < -0.4 is 5.32 Å². The topological polar surface area (TPSA) is 131 Å². The summed E-state index contributed by atoms with van der Waals surface area (Å²) in [5.41, 5.74) is 2.41. The van der Waals surface area contributed by atoms with E-state index >= 15 is 0 Å². The normalized spacial score (nSPS) is 13.5. The third-order valence-corrected chi connectivity index (χ3v) is 6.46. The van der Waals surface area contributed by atoms with Gasteiger partial charge in [0, 0.05) is 49.1 Å². The smallest absolute Gasteiger partial charge is 0.253 e. The van der Waals surface area contributed by atoms with Gasteiger partial charge in [-0.2, -0.15) is 0 Å². The van der Waals surface area contributed by atoms with Crippen molar-refractivity contribution < 1.29 is 23.1 Å². The lowest BCUT2D eigenvalue weighted by Crippen LogP contribution is -2.30. The molecule has 10 heteroatoms. The summed E-state index contributed by atoms with van der Waals surface area (Å²) < 4.78 is 23.3. The van der Waals surface area contributed by atoms with Crippen LogP contribution in [0.1, 0.15) is 58.2 Å².